The molecule has 0 aliphatic carbocycles. The standard InChI is InChI=1S/C24H21ClN2O7/c1-4-33-18-11-13(5-7-16(18)28)21-20(22(29)14-6-8-17(32-3)15(25)10-14)23(30)24(31)27(21)19-9-12(2)34-26-19/h5-11,21,28-29H,4H2,1-3H3/b22-20+. The number of hydrogen-bond donors (Lipinski definition) is 2. The average molecular weight is 485 g/mol. The number of anilines is 1. The number of rotatable bonds is 6. The molecule has 4 rings (SSSR count). The highest BCUT2D eigenvalue weighted by Gasteiger charge is 2.48. The number of aliphatic hydroxyl groups excluding tert-OH is 1. The van der Waals surface area contributed by atoms with E-state index in [1.807, 2.05) is 0 Å². The molecule has 1 fully saturated rings. The maximum atomic E-state index is 13.2. The minimum atomic E-state index is -1.08. The predicted octanol–water partition coefficient (Wildman–Crippen LogP) is 4.38. The molecule has 3 aromatic rings. The van der Waals surface area contributed by atoms with E-state index in [-0.39, 0.29) is 40.1 Å². The van der Waals surface area contributed by atoms with Crippen molar-refractivity contribution in [1.82, 2.24) is 5.16 Å². The zero-order chi connectivity index (χ0) is 24.6. The van der Waals surface area contributed by atoms with Gasteiger partial charge >= 0.3 is 5.91 Å². The first-order valence-corrected chi connectivity index (χ1v) is 10.7. The normalized spacial score (nSPS) is 17.3. The Hall–Kier alpha value is -3.98. The van der Waals surface area contributed by atoms with E-state index in [1.54, 1.807) is 13.8 Å². The summed E-state index contributed by atoms with van der Waals surface area (Å²) in [5, 5.41) is 25.4. The quantitative estimate of drug-likeness (QED) is 0.300. The van der Waals surface area contributed by atoms with Crippen molar-refractivity contribution in [3.63, 3.8) is 0 Å². The van der Waals surface area contributed by atoms with Gasteiger partial charge in [0, 0.05) is 11.6 Å². The number of Topliss-reactive ketones (excluding diaryl/α,β-unsaturated/α-hetero) is 1. The van der Waals surface area contributed by atoms with Gasteiger partial charge in [-0.1, -0.05) is 22.8 Å². The van der Waals surface area contributed by atoms with Crippen LogP contribution in [0, 0.1) is 6.92 Å². The van der Waals surface area contributed by atoms with Crippen LogP contribution in [-0.4, -0.2) is 40.8 Å². The predicted molar refractivity (Wildman–Crippen MR) is 123 cm³/mol. The number of aryl methyl sites for hydroxylation is 1. The highest BCUT2D eigenvalue weighted by molar-refractivity contribution is 6.51. The van der Waals surface area contributed by atoms with Crippen LogP contribution in [0.4, 0.5) is 5.82 Å². The molecule has 10 heteroatoms. The number of aromatic hydroxyl groups is 1. The first-order chi connectivity index (χ1) is 16.3. The van der Waals surface area contributed by atoms with E-state index < -0.39 is 23.5 Å². The number of amides is 1. The third-order valence-corrected chi connectivity index (χ3v) is 5.63. The third-order valence-electron chi connectivity index (χ3n) is 5.33. The van der Waals surface area contributed by atoms with Crippen molar-refractivity contribution in [2.45, 2.75) is 19.9 Å². The van der Waals surface area contributed by atoms with E-state index in [9.17, 15) is 19.8 Å². The minimum Gasteiger partial charge on any atom is -0.507 e. The van der Waals surface area contributed by atoms with Crippen LogP contribution >= 0.6 is 11.6 Å². The molecular formula is C24H21ClN2O7. The Balaban J connectivity index is 1.95. The molecule has 9 nitrogen and oxygen atoms in total. The summed E-state index contributed by atoms with van der Waals surface area (Å²) in [6.45, 7) is 3.68. The van der Waals surface area contributed by atoms with E-state index >= 15 is 0 Å². The highest BCUT2D eigenvalue weighted by atomic mass is 35.5. The lowest BCUT2D eigenvalue weighted by atomic mass is 9.95. The molecule has 0 spiro atoms. The van der Waals surface area contributed by atoms with Crippen molar-refractivity contribution < 1.29 is 33.8 Å². The van der Waals surface area contributed by atoms with Crippen LogP contribution in [0.25, 0.3) is 5.76 Å². The second kappa shape index (κ2) is 9.11. The monoisotopic (exact) mass is 484 g/mol. The molecule has 0 radical (unpaired) electrons. The Morgan fingerprint density at radius 2 is 1.94 bits per heavy atom. The van der Waals surface area contributed by atoms with Crippen molar-refractivity contribution in [2.24, 2.45) is 0 Å². The van der Waals surface area contributed by atoms with Crippen LogP contribution in [0.1, 0.15) is 29.9 Å². The molecule has 1 saturated heterocycles. The fourth-order valence-corrected chi connectivity index (χ4v) is 4.05. The van der Waals surface area contributed by atoms with Gasteiger partial charge in [0.1, 0.15) is 17.3 Å². The molecule has 1 atom stereocenters. The molecule has 2 heterocycles. The van der Waals surface area contributed by atoms with Gasteiger partial charge in [-0.3, -0.25) is 14.5 Å². The van der Waals surface area contributed by atoms with Crippen LogP contribution in [0.5, 0.6) is 17.2 Å². The fraction of sp³-hybridized carbons (Fsp3) is 0.208. The first kappa shape index (κ1) is 23.2. The molecule has 1 amide bonds. The SMILES string of the molecule is CCOc1cc(C2/C(=C(\O)c3ccc(OC)c(Cl)c3)C(=O)C(=O)N2c2cc(C)on2)ccc1O. The molecule has 2 N–H and O–H groups in total. The van der Waals surface area contributed by atoms with Crippen LogP contribution in [0.3, 0.4) is 0 Å². The van der Waals surface area contributed by atoms with Crippen LogP contribution < -0.4 is 14.4 Å². The van der Waals surface area contributed by atoms with Gasteiger partial charge in [-0.2, -0.15) is 0 Å². The van der Waals surface area contributed by atoms with Gasteiger partial charge in [-0.25, -0.2) is 0 Å². The zero-order valence-corrected chi connectivity index (χ0v) is 19.3. The van der Waals surface area contributed by atoms with E-state index in [0.29, 0.717) is 17.1 Å². The van der Waals surface area contributed by atoms with Gasteiger partial charge in [0.05, 0.1) is 30.4 Å². The van der Waals surface area contributed by atoms with Crippen molar-refractivity contribution in [3.8, 4) is 17.2 Å². The first-order valence-electron chi connectivity index (χ1n) is 10.3. The van der Waals surface area contributed by atoms with Crippen LogP contribution in [0.15, 0.2) is 52.6 Å². The number of ketones is 1. The molecule has 0 bridgehead atoms. The number of ether oxygens (including phenoxy) is 2. The lowest BCUT2D eigenvalue weighted by Crippen LogP contribution is -2.29. The Bertz CT molecular complexity index is 1310. The number of phenols is 1. The van der Waals surface area contributed by atoms with Gasteiger partial charge in [0.15, 0.2) is 17.3 Å². The molecule has 0 saturated carbocycles. The maximum Gasteiger partial charge on any atom is 0.301 e. The number of carbonyl (C=O) groups excluding carboxylic acids is 2. The van der Waals surface area contributed by atoms with Gasteiger partial charge in [0.2, 0.25) is 0 Å². The largest absolute Gasteiger partial charge is 0.507 e. The van der Waals surface area contributed by atoms with E-state index in [1.165, 1.54) is 49.6 Å². The summed E-state index contributed by atoms with van der Waals surface area (Å²) in [6.07, 6.45) is 0. The Labute approximate surface area is 199 Å². The number of aliphatic hydroxyl groups is 1. The van der Waals surface area contributed by atoms with E-state index in [4.69, 9.17) is 25.6 Å². The Morgan fingerprint density at radius 3 is 2.56 bits per heavy atom. The second-order valence-corrected chi connectivity index (χ2v) is 7.88. The number of hydrogen-bond acceptors (Lipinski definition) is 8. The van der Waals surface area contributed by atoms with Gasteiger partial charge < -0.3 is 24.2 Å². The highest BCUT2D eigenvalue weighted by Crippen LogP contribution is 2.44. The smallest absolute Gasteiger partial charge is 0.301 e. The molecule has 2 aromatic carbocycles. The lowest BCUT2D eigenvalue weighted by Gasteiger charge is -2.23. The van der Waals surface area contributed by atoms with Crippen molar-refractivity contribution in [2.75, 3.05) is 18.6 Å². The molecule has 1 aromatic heterocycles. The summed E-state index contributed by atoms with van der Waals surface area (Å²) in [5.74, 6) is -1.28. The van der Waals surface area contributed by atoms with E-state index in [2.05, 4.69) is 5.16 Å². The number of carbonyl (C=O) groups is 2. The van der Waals surface area contributed by atoms with Gasteiger partial charge in [-0.05, 0) is 49.7 Å². The van der Waals surface area contributed by atoms with Gasteiger partial charge in [-0.15, -0.1) is 0 Å². The molecule has 1 aliphatic rings. The number of nitrogens with zero attached hydrogens (tertiary/aromatic N) is 2. The Kier molecular flexibility index (Phi) is 6.21. The number of benzene rings is 2. The maximum absolute atomic E-state index is 13.2. The fourth-order valence-electron chi connectivity index (χ4n) is 3.79. The summed E-state index contributed by atoms with van der Waals surface area (Å²) in [5.41, 5.74) is 0.441. The lowest BCUT2D eigenvalue weighted by molar-refractivity contribution is -0.132. The number of halogens is 1. The summed E-state index contributed by atoms with van der Waals surface area (Å²) in [4.78, 5) is 27.4. The summed E-state index contributed by atoms with van der Waals surface area (Å²) >= 11 is 6.21. The topological polar surface area (TPSA) is 122 Å². The molecule has 34 heavy (non-hydrogen) atoms. The molecular weight excluding hydrogens is 464 g/mol. The minimum absolute atomic E-state index is 0.0995. The second-order valence-electron chi connectivity index (χ2n) is 7.47. The summed E-state index contributed by atoms with van der Waals surface area (Å²) in [6, 6.07) is 9.34. The zero-order valence-electron chi connectivity index (χ0n) is 18.5. The van der Waals surface area contributed by atoms with Crippen molar-refractivity contribution in [3.05, 3.63) is 69.9 Å². The summed E-state index contributed by atoms with van der Waals surface area (Å²) < 4.78 is 15.7. The van der Waals surface area contributed by atoms with Crippen LogP contribution in [-0.2, 0) is 9.59 Å². The third kappa shape index (κ3) is 3.94. The van der Waals surface area contributed by atoms with Crippen molar-refractivity contribution in [1.29, 1.82) is 0 Å². The number of phenolic OH excluding ortho intramolecular Hbond substituents is 1. The van der Waals surface area contributed by atoms with Crippen molar-refractivity contribution >= 4 is 34.9 Å². The van der Waals surface area contributed by atoms with Gasteiger partial charge in [0.25, 0.3) is 5.78 Å². The Morgan fingerprint density at radius 1 is 1.18 bits per heavy atom. The molecule has 176 valence electrons. The molecule has 1 aliphatic heterocycles. The molecule has 1 unspecified atom stereocenters. The number of aromatic nitrogens is 1. The number of methoxy groups -OCH3 is 1. The average Bonchev–Trinajstić information content (AvgIpc) is 3.35. The van der Waals surface area contributed by atoms with E-state index in [0.717, 1.165) is 4.90 Å². The van der Waals surface area contributed by atoms with Crippen LogP contribution in [0.2, 0.25) is 5.02 Å². The summed E-state index contributed by atoms with van der Waals surface area (Å²) in [7, 11) is 1.45.